The molecule has 1 amide bonds. The minimum absolute atomic E-state index is 0.204. The van der Waals surface area contributed by atoms with Gasteiger partial charge in [0.05, 0.1) is 24.2 Å². The van der Waals surface area contributed by atoms with Gasteiger partial charge in [0.25, 0.3) is 0 Å². The van der Waals surface area contributed by atoms with Crippen LogP contribution >= 0.6 is 15.9 Å². The predicted octanol–water partition coefficient (Wildman–Crippen LogP) is 7.03. The summed E-state index contributed by atoms with van der Waals surface area (Å²) >= 11 is 3.39. The number of imidazole rings is 1. The van der Waals surface area contributed by atoms with Gasteiger partial charge in [0.15, 0.2) is 11.5 Å². The van der Waals surface area contributed by atoms with Crippen LogP contribution in [-0.4, -0.2) is 33.4 Å². The zero-order chi connectivity index (χ0) is 27.6. The van der Waals surface area contributed by atoms with Crippen LogP contribution in [0.1, 0.15) is 25.7 Å². The Hall–Kier alpha value is -4.37. The standard InChI is InChI=1S/C31H27BrN4O4/c1-39-27-16-10-20(18-28(27)40-24-6-2-3-7-24)21-11-17-29(33-19-21)35-25-8-4-5-9-26(25)36(31(35)38)30(37)34-23-14-12-22(32)13-15-23/h4-5,8-19,24H,2-3,6-7H2,1H3,(H,34,37). The Morgan fingerprint density at radius 2 is 1.65 bits per heavy atom. The van der Waals surface area contributed by atoms with Gasteiger partial charge >= 0.3 is 11.7 Å². The van der Waals surface area contributed by atoms with Crippen molar-refractivity contribution in [3.05, 3.63) is 100 Å². The lowest BCUT2D eigenvalue weighted by molar-refractivity contribution is 0.201. The average molecular weight is 599 g/mol. The Labute approximate surface area is 239 Å². The molecule has 0 aliphatic heterocycles. The van der Waals surface area contributed by atoms with E-state index < -0.39 is 11.7 Å². The minimum Gasteiger partial charge on any atom is -0.493 e. The number of halogens is 1. The van der Waals surface area contributed by atoms with Crippen molar-refractivity contribution in [1.29, 1.82) is 0 Å². The highest BCUT2D eigenvalue weighted by molar-refractivity contribution is 9.10. The highest BCUT2D eigenvalue weighted by Gasteiger charge is 2.21. The van der Waals surface area contributed by atoms with Crippen LogP contribution < -0.4 is 20.5 Å². The quantitative estimate of drug-likeness (QED) is 0.227. The first kappa shape index (κ1) is 25.9. The molecule has 2 heterocycles. The summed E-state index contributed by atoms with van der Waals surface area (Å²) in [5, 5.41) is 2.80. The van der Waals surface area contributed by atoms with Crippen LogP contribution in [0.2, 0.25) is 0 Å². The van der Waals surface area contributed by atoms with Crippen molar-refractivity contribution < 1.29 is 14.3 Å². The van der Waals surface area contributed by atoms with Gasteiger partial charge in [0.1, 0.15) is 5.82 Å². The third-order valence-corrected chi connectivity index (χ3v) is 7.64. The molecule has 8 nitrogen and oxygen atoms in total. The zero-order valence-electron chi connectivity index (χ0n) is 21.8. The van der Waals surface area contributed by atoms with Crippen LogP contribution in [0.25, 0.3) is 28.0 Å². The fraction of sp³-hybridized carbons (Fsp3) is 0.194. The van der Waals surface area contributed by atoms with Crippen LogP contribution in [0.5, 0.6) is 11.5 Å². The lowest BCUT2D eigenvalue weighted by atomic mass is 10.1. The highest BCUT2D eigenvalue weighted by Crippen LogP contribution is 2.35. The summed E-state index contributed by atoms with van der Waals surface area (Å²) in [7, 11) is 1.64. The van der Waals surface area contributed by atoms with Gasteiger partial charge in [-0.2, -0.15) is 0 Å². The lowest BCUT2D eigenvalue weighted by Gasteiger charge is -2.17. The molecule has 0 spiro atoms. The molecule has 1 N–H and O–H groups in total. The van der Waals surface area contributed by atoms with E-state index in [1.54, 1.807) is 49.7 Å². The number of fused-ring (bicyclic) bond motifs is 1. The van der Waals surface area contributed by atoms with Gasteiger partial charge in [-0.25, -0.2) is 23.7 Å². The molecule has 40 heavy (non-hydrogen) atoms. The molecule has 0 bridgehead atoms. The average Bonchev–Trinajstić information content (AvgIpc) is 3.59. The minimum atomic E-state index is -0.549. The van der Waals surface area contributed by atoms with Gasteiger partial charge in [-0.1, -0.05) is 34.1 Å². The summed E-state index contributed by atoms with van der Waals surface area (Å²) in [6.07, 6.45) is 6.38. The molecule has 0 radical (unpaired) electrons. The number of pyridine rings is 1. The number of hydrogen-bond acceptors (Lipinski definition) is 5. The maximum Gasteiger partial charge on any atom is 0.343 e. The van der Waals surface area contributed by atoms with Crippen molar-refractivity contribution in [3.63, 3.8) is 0 Å². The van der Waals surface area contributed by atoms with Crippen LogP contribution in [0.3, 0.4) is 0 Å². The molecule has 3 aromatic carbocycles. The Balaban J connectivity index is 1.33. The maximum atomic E-state index is 13.6. The van der Waals surface area contributed by atoms with Crippen LogP contribution in [0.4, 0.5) is 10.5 Å². The van der Waals surface area contributed by atoms with E-state index in [0.717, 1.165) is 33.0 Å². The fourth-order valence-corrected chi connectivity index (χ4v) is 5.37. The first-order valence-electron chi connectivity index (χ1n) is 13.1. The number of aromatic nitrogens is 3. The summed E-state index contributed by atoms with van der Waals surface area (Å²) in [4.78, 5) is 31.4. The molecule has 202 valence electrons. The smallest absolute Gasteiger partial charge is 0.343 e. The van der Waals surface area contributed by atoms with E-state index in [-0.39, 0.29) is 6.10 Å². The van der Waals surface area contributed by atoms with Gasteiger partial charge in [-0.15, -0.1) is 0 Å². The van der Waals surface area contributed by atoms with E-state index in [1.165, 1.54) is 17.4 Å². The van der Waals surface area contributed by atoms with Gasteiger partial charge in [0.2, 0.25) is 0 Å². The van der Waals surface area contributed by atoms with E-state index in [1.807, 2.05) is 42.5 Å². The lowest BCUT2D eigenvalue weighted by Crippen LogP contribution is -2.32. The molecule has 6 rings (SSSR count). The summed E-state index contributed by atoms with van der Waals surface area (Å²) in [5.41, 5.74) is 2.93. The summed E-state index contributed by atoms with van der Waals surface area (Å²) < 4.78 is 15.2. The first-order valence-corrected chi connectivity index (χ1v) is 13.9. The van der Waals surface area contributed by atoms with Crippen molar-refractivity contribution in [2.45, 2.75) is 31.8 Å². The molecule has 9 heteroatoms. The largest absolute Gasteiger partial charge is 0.493 e. The number of benzene rings is 3. The number of carbonyl (C=O) groups excluding carboxylic acids is 1. The van der Waals surface area contributed by atoms with E-state index >= 15 is 0 Å². The number of para-hydroxylation sites is 2. The molecule has 1 aliphatic rings. The predicted molar refractivity (Wildman–Crippen MR) is 159 cm³/mol. The highest BCUT2D eigenvalue weighted by atomic mass is 79.9. The summed E-state index contributed by atoms with van der Waals surface area (Å²) in [6.45, 7) is 0. The number of anilines is 1. The Morgan fingerprint density at radius 1 is 0.925 bits per heavy atom. The van der Waals surface area contributed by atoms with Crippen molar-refractivity contribution in [2.75, 3.05) is 12.4 Å². The molecule has 0 unspecified atom stereocenters. The van der Waals surface area contributed by atoms with Crippen LogP contribution in [0.15, 0.2) is 94.3 Å². The molecule has 1 saturated carbocycles. The fourth-order valence-electron chi connectivity index (χ4n) is 5.10. The van der Waals surface area contributed by atoms with Crippen molar-refractivity contribution >= 4 is 38.7 Å². The number of nitrogens with one attached hydrogen (secondary N) is 1. The molecule has 0 atom stereocenters. The summed E-state index contributed by atoms with van der Waals surface area (Å²) in [6, 6.07) is 23.3. The monoisotopic (exact) mass is 598 g/mol. The molecular weight excluding hydrogens is 572 g/mol. The first-order chi connectivity index (χ1) is 19.5. The summed E-state index contributed by atoms with van der Waals surface area (Å²) in [5.74, 6) is 1.82. The third-order valence-electron chi connectivity index (χ3n) is 7.11. The van der Waals surface area contributed by atoms with E-state index in [0.29, 0.717) is 34.0 Å². The topological polar surface area (TPSA) is 87.4 Å². The molecule has 0 saturated heterocycles. The van der Waals surface area contributed by atoms with Gasteiger partial charge in [-0.3, -0.25) is 0 Å². The number of carbonyl (C=O) groups is 1. The molecule has 2 aromatic heterocycles. The number of ether oxygens (including phenoxy) is 2. The molecule has 1 fully saturated rings. The maximum absolute atomic E-state index is 13.6. The van der Waals surface area contributed by atoms with Crippen LogP contribution in [0, 0.1) is 0 Å². The zero-order valence-corrected chi connectivity index (χ0v) is 23.4. The SMILES string of the molecule is COc1ccc(-c2ccc(-n3c(=O)n(C(=O)Nc4ccc(Br)cc4)c4ccccc43)nc2)cc1OC1CCCC1. The number of nitrogens with zero attached hydrogens (tertiary/aromatic N) is 3. The second-order valence-electron chi connectivity index (χ2n) is 9.67. The van der Waals surface area contributed by atoms with E-state index in [2.05, 4.69) is 26.2 Å². The second-order valence-corrected chi connectivity index (χ2v) is 10.6. The normalized spacial score (nSPS) is 13.4. The van der Waals surface area contributed by atoms with E-state index in [9.17, 15) is 9.59 Å². The second kappa shape index (κ2) is 11.0. The van der Waals surface area contributed by atoms with Gasteiger partial charge in [0, 0.05) is 21.9 Å². The molecule has 1 aliphatic carbocycles. The Bertz CT molecular complexity index is 1740. The van der Waals surface area contributed by atoms with Crippen molar-refractivity contribution in [3.8, 4) is 28.4 Å². The number of amides is 1. The Morgan fingerprint density at radius 3 is 2.35 bits per heavy atom. The van der Waals surface area contributed by atoms with Crippen molar-refractivity contribution in [2.24, 2.45) is 0 Å². The number of hydrogen-bond donors (Lipinski definition) is 1. The van der Waals surface area contributed by atoms with Gasteiger partial charge in [-0.05, 0) is 91.9 Å². The van der Waals surface area contributed by atoms with Gasteiger partial charge < -0.3 is 14.8 Å². The van der Waals surface area contributed by atoms with Crippen LogP contribution in [-0.2, 0) is 0 Å². The Kier molecular flexibility index (Phi) is 7.13. The molecule has 5 aromatic rings. The van der Waals surface area contributed by atoms with Crippen molar-refractivity contribution in [1.82, 2.24) is 14.1 Å². The third kappa shape index (κ3) is 5.00. The number of methoxy groups -OCH3 is 1. The number of rotatable bonds is 6. The van der Waals surface area contributed by atoms with E-state index in [4.69, 9.17) is 9.47 Å². The molecular formula is C31H27BrN4O4.